The molecule has 2 heterocycles. The van der Waals surface area contributed by atoms with Gasteiger partial charge in [-0.05, 0) is 47.9 Å². The molecule has 2 amide bonds. The number of carbonyl (C=O) groups is 2. The highest BCUT2D eigenvalue weighted by atomic mass is 19.4. The van der Waals surface area contributed by atoms with Crippen LogP contribution in [0.2, 0.25) is 0 Å². The van der Waals surface area contributed by atoms with Crippen LogP contribution in [0.1, 0.15) is 41.0 Å². The van der Waals surface area contributed by atoms with E-state index in [1.165, 1.54) is 43.3 Å². The highest BCUT2D eigenvalue weighted by Gasteiger charge is 2.50. The van der Waals surface area contributed by atoms with E-state index in [1.807, 2.05) is 0 Å². The molecular formula is C26H25F7N2O4. The van der Waals surface area contributed by atoms with E-state index in [-0.39, 0.29) is 36.9 Å². The van der Waals surface area contributed by atoms with Gasteiger partial charge in [0, 0.05) is 32.0 Å². The summed E-state index contributed by atoms with van der Waals surface area (Å²) in [6.07, 6.45) is -10.8. The second kappa shape index (κ2) is 10.8. The predicted octanol–water partition coefficient (Wildman–Crippen LogP) is 5.17. The SMILES string of the molecule is CON(C)C(=O)C1CC(=O)N2CC(OCc3cc(C(F)(F)F)cc(C(F)(F)F)c3)C(c3ccc(F)cc3)C2C1. The fraction of sp³-hybridized carbons (Fsp3) is 0.462. The normalized spacial score (nSPS) is 23.6. The monoisotopic (exact) mass is 562 g/mol. The highest BCUT2D eigenvalue weighted by Crippen LogP contribution is 2.43. The van der Waals surface area contributed by atoms with Gasteiger partial charge in [0.25, 0.3) is 0 Å². The van der Waals surface area contributed by atoms with Crippen molar-refractivity contribution in [3.05, 3.63) is 70.5 Å². The number of hydrogen-bond acceptors (Lipinski definition) is 4. The highest BCUT2D eigenvalue weighted by molar-refractivity contribution is 5.87. The van der Waals surface area contributed by atoms with Crippen molar-refractivity contribution in [1.82, 2.24) is 9.96 Å². The van der Waals surface area contributed by atoms with Crippen LogP contribution in [0.3, 0.4) is 0 Å². The number of carbonyl (C=O) groups excluding carboxylic acids is 2. The second-order valence-electron chi connectivity index (χ2n) is 9.61. The quantitative estimate of drug-likeness (QED) is 0.360. The zero-order valence-corrected chi connectivity index (χ0v) is 20.9. The Bertz CT molecular complexity index is 1180. The fourth-order valence-corrected chi connectivity index (χ4v) is 5.27. The molecule has 4 unspecified atom stereocenters. The van der Waals surface area contributed by atoms with Crippen LogP contribution < -0.4 is 0 Å². The third-order valence-corrected chi connectivity index (χ3v) is 7.16. The molecule has 2 aliphatic heterocycles. The van der Waals surface area contributed by atoms with Gasteiger partial charge >= 0.3 is 12.4 Å². The van der Waals surface area contributed by atoms with Crippen LogP contribution in [0.5, 0.6) is 0 Å². The molecule has 0 bridgehead atoms. The molecule has 39 heavy (non-hydrogen) atoms. The first kappa shape index (κ1) is 28.8. The smallest absolute Gasteiger partial charge is 0.371 e. The number of fused-ring (bicyclic) bond motifs is 1. The molecule has 6 nitrogen and oxygen atoms in total. The van der Waals surface area contributed by atoms with Gasteiger partial charge in [-0.15, -0.1) is 0 Å². The van der Waals surface area contributed by atoms with Crippen LogP contribution in [0, 0.1) is 11.7 Å². The van der Waals surface area contributed by atoms with Crippen molar-refractivity contribution >= 4 is 11.8 Å². The molecule has 4 atom stereocenters. The van der Waals surface area contributed by atoms with Crippen molar-refractivity contribution < 1.29 is 49.9 Å². The number of benzene rings is 2. The number of rotatable bonds is 6. The molecule has 212 valence electrons. The Morgan fingerprint density at radius 2 is 1.62 bits per heavy atom. The average Bonchev–Trinajstić information content (AvgIpc) is 3.24. The Hall–Kier alpha value is -3.19. The Morgan fingerprint density at radius 1 is 1.03 bits per heavy atom. The zero-order valence-electron chi connectivity index (χ0n) is 20.9. The minimum atomic E-state index is -5.01. The van der Waals surface area contributed by atoms with Crippen molar-refractivity contribution in [2.24, 2.45) is 5.92 Å². The second-order valence-corrected chi connectivity index (χ2v) is 9.61. The van der Waals surface area contributed by atoms with Gasteiger partial charge in [0.1, 0.15) is 5.82 Å². The van der Waals surface area contributed by atoms with Gasteiger partial charge in [0.15, 0.2) is 0 Å². The van der Waals surface area contributed by atoms with Gasteiger partial charge in [-0.1, -0.05) is 12.1 Å². The Morgan fingerprint density at radius 3 is 2.15 bits per heavy atom. The third kappa shape index (κ3) is 6.19. The van der Waals surface area contributed by atoms with E-state index >= 15 is 0 Å². The van der Waals surface area contributed by atoms with Gasteiger partial charge in [0.2, 0.25) is 11.8 Å². The molecule has 0 saturated carbocycles. The molecule has 0 radical (unpaired) electrons. The Labute approximate surface area is 219 Å². The zero-order chi connectivity index (χ0) is 28.7. The number of piperidine rings is 1. The molecule has 2 saturated heterocycles. The van der Waals surface area contributed by atoms with E-state index in [0.29, 0.717) is 17.7 Å². The van der Waals surface area contributed by atoms with Gasteiger partial charge in [0.05, 0.1) is 36.9 Å². The van der Waals surface area contributed by atoms with E-state index in [2.05, 4.69) is 0 Å². The number of ether oxygens (including phenoxy) is 1. The van der Waals surface area contributed by atoms with Crippen molar-refractivity contribution in [2.45, 2.75) is 49.9 Å². The molecule has 0 N–H and O–H groups in total. The fourth-order valence-electron chi connectivity index (χ4n) is 5.27. The van der Waals surface area contributed by atoms with Crippen molar-refractivity contribution in [1.29, 1.82) is 0 Å². The standard InChI is InChI=1S/C26H25F7N2O4/c1-34(38-2)24(37)16-9-20-23(15-3-5-19(27)6-4-15)21(12-35(20)22(36)10-16)39-13-14-7-17(25(28,29)30)11-18(8-14)26(31,32)33/h3-8,11,16,20-21,23H,9-10,12-13H2,1-2H3. The van der Waals surface area contributed by atoms with Gasteiger partial charge in [-0.25, -0.2) is 9.45 Å². The summed E-state index contributed by atoms with van der Waals surface area (Å²) in [5, 5.41) is 1.01. The first-order chi connectivity index (χ1) is 18.2. The minimum absolute atomic E-state index is 0.00232. The van der Waals surface area contributed by atoms with Crippen molar-refractivity contribution in [3.8, 4) is 0 Å². The number of amides is 2. The molecule has 0 spiro atoms. The lowest BCUT2D eigenvalue weighted by atomic mass is 9.81. The molecule has 2 aromatic rings. The van der Waals surface area contributed by atoms with Gasteiger partial charge in [-0.3, -0.25) is 14.4 Å². The number of hydrogen-bond donors (Lipinski definition) is 0. The number of nitrogens with zero attached hydrogens (tertiary/aromatic N) is 2. The van der Waals surface area contributed by atoms with E-state index in [4.69, 9.17) is 9.57 Å². The summed E-state index contributed by atoms with van der Waals surface area (Å²) in [7, 11) is 2.70. The lowest BCUT2D eigenvalue weighted by molar-refractivity contribution is -0.176. The lowest BCUT2D eigenvalue weighted by Gasteiger charge is -2.37. The number of halogens is 7. The average molecular weight is 562 g/mol. The summed E-state index contributed by atoms with van der Waals surface area (Å²) >= 11 is 0. The predicted molar refractivity (Wildman–Crippen MR) is 122 cm³/mol. The summed E-state index contributed by atoms with van der Waals surface area (Å²) in [6, 6.07) is 5.98. The molecule has 2 fully saturated rings. The van der Waals surface area contributed by atoms with Crippen LogP contribution in [-0.4, -0.2) is 54.6 Å². The topological polar surface area (TPSA) is 59.1 Å². The first-order valence-electron chi connectivity index (χ1n) is 12.0. The van der Waals surface area contributed by atoms with Crippen molar-refractivity contribution in [2.75, 3.05) is 20.7 Å². The van der Waals surface area contributed by atoms with E-state index in [9.17, 15) is 40.3 Å². The summed E-state index contributed by atoms with van der Waals surface area (Å²) in [4.78, 5) is 32.2. The van der Waals surface area contributed by atoms with Gasteiger partial charge < -0.3 is 9.64 Å². The molecule has 0 aromatic heterocycles. The maximum Gasteiger partial charge on any atom is 0.416 e. The molecule has 13 heteroatoms. The Balaban J connectivity index is 1.64. The van der Waals surface area contributed by atoms with E-state index in [1.54, 1.807) is 0 Å². The molecular weight excluding hydrogens is 537 g/mol. The summed E-state index contributed by atoms with van der Waals surface area (Å²) < 4.78 is 99.3. The minimum Gasteiger partial charge on any atom is -0.371 e. The van der Waals surface area contributed by atoms with Crippen molar-refractivity contribution in [3.63, 3.8) is 0 Å². The van der Waals surface area contributed by atoms with Crippen LogP contribution in [-0.2, 0) is 38.1 Å². The van der Waals surface area contributed by atoms with Crippen LogP contribution >= 0.6 is 0 Å². The summed E-state index contributed by atoms with van der Waals surface area (Å²) in [6.45, 7) is -0.601. The van der Waals surface area contributed by atoms with Gasteiger partial charge in [-0.2, -0.15) is 26.3 Å². The molecule has 2 aliphatic rings. The molecule has 4 rings (SSSR count). The Kier molecular flexibility index (Phi) is 7.95. The summed E-state index contributed by atoms with van der Waals surface area (Å²) in [5.41, 5.74) is -2.72. The number of alkyl halides is 6. The summed E-state index contributed by atoms with van der Waals surface area (Å²) in [5.74, 6) is -2.64. The van der Waals surface area contributed by atoms with Crippen LogP contribution in [0.15, 0.2) is 42.5 Å². The lowest BCUT2D eigenvalue weighted by Crippen LogP contribution is -2.48. The molecule has 2 aromatic carbocycles. The van der Waals surface area contributed by atoms with Crippen LogP contribution in [0.4, 0.5) is 30.7 Å². The maximum atomic E-state index is 13.7. The van der Waals surface area contributed by atoms with E-state index < -0.39 is 65.8 Å². The third-order valence-electron chi connectivity index (χ3n) is 7.16. The van der Waals surface area contributed by atoms with E-state index in [0.717, 1.165) is 5.06 Å². The first-order valence-corrected chi connectivity index (χ1v) is 12.0. The molecule has 0 aliphatic carbocycles. The largest absolute Gasteiger partial charge is 0.416 e. The maximum absolute atomic E-state index is 13.7. The number of hydroxylamine groups is 2. The van der Waals surface area contributed by atoms with Crippen LogP contribution in [0.25, 0.3) is 0 Å².